The predicted molar refractivity (Wildman–Crippen MR) is 36.5 cm³/mol. The van der Waals surface area contributed by atoms with Crippen LogP contribution in [0.4, 0.5) is 0 Å². The van der Waals surface area contributed by atoms with Gasteiger partial charge >= 0.3 is 29.6 Å². The number of rotatable bonds is 5. The van der Waals surface area contributed by atoms with E-state index in [1.54, 1.807) is 0 Å². The molecule has 0 fully saturated rings. The van der Waals surface area contributed by atoms with Crippen molar-refractivity contribution in [1.82, 2.24) is 0 Å². The Kier molecular flexibility index (Phi) is 12.1. The van der Waals surface area contributed by atoms with Crippen LogP contribution in [0.3, 0.4) is 0 Å². The summed E-state index contributed by atoms with van der Waals surface area (Å²) in [5.41, 5.74) is 0. The Balaban J connectivity index is 0. The van der Waals surface area contributed by atoms with Crippen molar-refractivity contribution in [3.63, 3.8) is 0 Å². The zero-order valence-electron chi connectivity index (χ0n) is 7.03. The van der Waals surface area contributed by atoms with Crippen LogP contribution >= 0.6 is 0 Å². The molecule has 0 radical (unpaired) electrons. The van der Waals surface area contributed by atoms with E-state index in [1.807, 2.05) is 0 Å². The Hall–Kier alpha value is 1.03. The van der Waals surface area contributed by atoms with Gasteiger partial charge in [-0.3, -0.25) is 4.21 Å². The van der Waals surface area contributed by atoms with Crippen molar-refractivity contribution in [2.24, 2.45) is 0 Å². The van der Waals surface area contributed by atoms with Gasteiger partial charge < -0.3 is 14.0 Å². The van der Waals surface area contributed by atoms with Crippen molar-refractivity contribution < 1.29 is 47.8 Å². The summed E-state index contributed by atoms with van der Waals surface area (Å²) in [5.74, 6) is 0. The second-order valence-corrected chi connectivity index (χ2v) is 2.98. The number of hydrogen-bond acceptors (Lipinski definition) is 4. The summed E-state index contributed by atoms with van der Waals surface area (Å²) >= 11 is -2.10. The van der Waals surface area contributed by atoms with Crippen LogP contribution in [-0.4, -0.2) is 41.4 Å². The minimum atomic E-state index is -2.10. The van der Waals surface area contributed by atoms with E-state index >= 15 is 0 Å². The minimum Gasteiger partial charge on any atom is -0.772 e. The average molecular weight is 190 g/mol. The first kappa shape index (κ1) is 14.5. The molecule has 0 spiro atoms. The summed E-state index contributed by atoms with van der Waals surface area (Å²) in [6, 6.07) is 0. The van der Waals surface area contributed by atoms with E-state index in [0.717, 1.165) is 0 Å². The minimum absolute atomic E-state index is 0. The van der Waals surface area contributed by atoms with E-state index in [9.17, 15) is 8.76 Å². The zero-order valence-corrected chi connectivity index (χ0v) is 9.85. The first-order chi connectivity index (χ1) is 4.72. The topological polar surface area (TPSA) is 58.6 Å². The van der Waals surface area contributed by atoms with Crippen LogP contribution in [0, 0.1) is 0 Å². The molecule has 0 N–H and O–H groups in total. The van der Waals surface area contributed by atoms with Gasteiger partial charge in [0.15, 0.2) is 0 Å². The monoisotopic (exact) mass is 190 g/mol. The maximum atomic E-state index is 10.3. The fraction of sp³-hybridized carbons (Fsp3) is 1.00. The molecule has 11 heavy (non-hydrogen) atoms. The van der Waals surface area contributed by atoms with Gasteiger partial charge in [-0.1, -0.05) is 0 Å². The van der Waals surface area contributed by atoms with Crippen LogP contribution in [0.15, 0.2) is 0 Å². The second kappa shape index (κ2) is 9.12. The van der Waals surface area contributed by atoms with Gasteiger partial charge in [-0.05, 0) is 11.1 Å². The molecule has 62 valence electrons. The average Bonchev–Trinajstić information content (AvgIpc) is 1.87. The zero-order chi connectivity index (χ0) is 7.98. The Morgan fingerprint density at radius 2 is 1.73 bits per heavy atom. The molecule has 0 heterocycles. The molecule has 4 nitrogen and oxygen atoms in total. The van der Waals surface area contributed by atoms with Crippen molar-refractivity contribution in [1.29, 1.82) is 0 Å². The van der Waals surface area contributed by atoms with Gasteiger partial charge in [0.25, 0.3) is 0 Å². The molecule has 0 aromatic rings. The van der Waals surface area contributed by atoms with Crippen LogP contribution in [0.2, 0.25) is 0 Å². The Bertz CT molecular complexity index is 105. The summed E-state index contributed by atoms with van der Waals surface area (Å²) in [6.45, 7) is 0.369. The predicted octanol–water partition coefficient (Wildman–Crippen LogP) is -3.47. The summed E-state index contributed by atoms with van der Waals surface area (Å²) in [4.78, 5) is 0. The normalized spacial score (nSPS) is 12.7. The molecule has 0 aliphatic carbocycles. The maximum absolute atomic E-state index is 10.3. The van der Waals surface area contributed by atoms with Crippen molar-refractivity contribution in [2.75, 3.05) is 27.4 Å². The number of methoxy groups -OCH3 is 2. The van der Waals surface area contributed by atoms with Crippen LogP contribution in [-0.2, 0) is 20.6 Å². The fourth-order valence-corrected chi connectivity index (χ4v) is 1.03. The first-order valence-corrected chi connectivity index (χ1v) is 3.92. The summed E-state index contributed by atoms with van der Waals surface area (Å²) in [6.07, 6.45) is 0. The molecule has 0 saturated carbocycles. The fourth-order valence-electron chi connectivity index (χ4n) is 0.531. The van der Waals surface area contributed by atoms with E-state index < -0.39 is 16.3 Å². The van der Waals surface area contributed by atoms with Crippen molar-refractivity contribution in [3.8, 4) is 0 Å². The standard InChI is InChI=1S/C5H12O4S.Na/c1-8-3-5(4-9-2)10(6)7;/h5H,3-4H2,1-2H3,(H,6,7);/q;+1/p-1. The van der Waals surface area contributed by atoms with Crippen LogP contribution in [0.5, 0.6) is 0 Å². The van der Waals surface area contributed by atoms with Gasteiger partial charge in [-0.15, -0.1) is 0 Å². The van der Waals surface area contributed by atoms with Gasteiger partial charge in [0, 0.05) is 14.2 Å². The number of ether oxygens (including phenoxy) is 2. The van der Waals surface area contributed by atoms with Crippen LogP contribution in [0.1, 0.15) is 0 Å². The largest absolute Gasteiger partial charge is 1.00 e. The Morgan fingerprint density at radius 1 is 1.36 bits per heavy atom. The van der Waals surface area contributed by atoms with Gasteiger partial charge in [0.05, 0.1) is 18.5 Å². The molecule has 1 atom stereocenters. The van der Waals surface area contributed by atoms with Gasteiger partial charge in [0.1, 0.15) is 0 Å². The molecule has 0 rings (SSSR count). The molecule has 0 aromatic heterocycles. The Morgan fingerprint density at radius 3 is 1.91 bits per heavy atom. The van der Waals surface area contributed by atoms with Gasteiger partial charge in [-0.2, -0.15) is 0 Å². The molecular weight excluding hydrogens is 179 g/mol. The Labute approximate surface area is 91.2 Å². The third kappa shape index (κ3) is 7.39. The van der Waals surface area contributed by atoms with Crippen molar-refractivity contribution >= 4 is 11.1 Å². The molecule has 6 heteroatoms. The number of hydrogen-bond donors (Lipinski definition) is 0. The van der Waals surface area contributed by atoms with Gasteiger partial charge in [0.2, 0.25) is 0 Å². The quantitative estimate of drug-likeness (QED) is 0.334. The first-order valence-electron chi connectivity index (χ1n) is 2.78. The SMILES string of the molecule is COCC(COC)S(=O)[O-].[Na+]. The molecule has 0 aromatic carbocycles. The maximum Gasteiger partial charge on any atom is 1.00 e. The molecule has 0 bridgehead atoms. The van der Waals surface area contributed by atoms with E-state index in [0.29, 0.717) is 0 Å². The molecule has 1 unspecified atom stereocenters. The van der Waals surface area contributed by atoms with Crippen LogP contribution in [0.25, 0.3) is 0 Å². The third-order valence-electron chi connectivity index (χ3n) is 0.977. The summed E-state index contributed by atoms with van der Waals surface area (Å²) in [7, 11) is 2.91. The van der Waals surface area contributed by atoms with E-state index in [2.05, 4.69) is 9.47 Å². The second-order valence-electron chi connectivity index (χ2n) is 1.79. The van der Waals surface area contributed by atoms with Crippen molar-refractivity contribution in [3.05, 3.63) is 0 Å². The third-order valence-corrected chi connectivity index (χ3v) is 1.79. The smallest absolute Gasteiger partial charge is 0.772 e. The van der Waals surface area contributed by atoms with E-state index in [-0.39, 0.29) is 42.8 Å². The van der Waals surface area contributed by atoms with Crippen LogP contribution < -0.4 is 29.6 Å². The molecule has 0 amide bonds. The molecular formula is C5H11NaO4S. The van der Waals surface area contributed by atoms with E-state index in [4.69, 9.17) is 0 Å². The van der Waals surface area contributed by atoms with Gasteiger partial charge in [-0.25, -0.2) is 0 Å². The van der Waals surface area contributed by atoms with E-state index in [1.165, 1.54) is 14.2 Å². The molecule has 0 aliphatic heterocycles. The molecule has 0 aliphatic rings. The molecule has 0 saturated heterocycles. The summed E-state index contributed by atoms with van der Waals surface area (Å²) in [5, 5.41) is -0.546. The van der Waals surface area contributed by atoms with Crippen molar-refractivity contribution in [2.45, 2.75) is 5.25 Å². The summed E-state index contributed by atoms with van der Waals surface area (Å²) < 4.78 is 29.9.